The summed E-state index contributed by atoms with van der Waals surface area (Å²) >= 11 is 0. The number of carbonyl (C=O) groups excluding carboxylic acids is 2. The molecule has 2 fully saturated rings. The smallest absolute Gasteiger partial charge is 0.248 e. The van der Waals surface area contributed by atoms with Gasteiger partial charge in [-0.2, -0.15) is 0 Å². The van der Waals surface area contributed by atoms with Crippen LogP contribution < -0.4 is 5.32 Å². The van der Waals surface area contributed by atoms with E-state index >= 15 is 0 Å². The molecule has 1 spiro atoms. The highest BCUT2D eigenvalue weighted by molar-refractivity contribution is 5.95. The van der Waals surface area contributed by atoms with E-state index in [4.69, 9.17) is 0 Å². The van der Waals surface area contributed by atoms with Crippen molar-refractivity contribution < 1.29 is 9.59 Å². The van der Waals surface area contributed by atoms with Gasteiger partial charge in [-0.3, -0.25) is 14.6 Å². The second-order valence-corrected chi connectivity index (χ2v) is 5.08. The molecule has 1 aliphatic carbocycles. The fourth-order valence-corrected chi connectivity index (χ4v) is 2.56. The van der Waals surface area contributed by atoms with Crippen molar-refractivity contribution in [3.63, 3.8) is 0 Å². The quantitative estimate of drug-likeness (QED) is 0.784. The third-order valence-corrected chi connectivity index (χ3v) is 3.75. The van der Waals surface area contributed by atoms with Gasteiger partial charge in [-0.1, -0.05) is 0 Å². The molecule has 94 valence electrons. The molecule has 1 saturated carbocycles. The number of nitrogens with zero attached hydrogens (tertiary/aromatic N) is 3. The second kappa shape index (κ2) is 4.04. The summed E-state index contributed by atoms with van der Waals surface area (Å²) in [6, 6.07) is -0.369. The van der Waals surface area contributed by atoms with E-state index < -0.39 is 0 Å². The van der Waals surface area contributed by atoms with Crippen LogP contribution in [0.2, 0.25) is 0 Å². The molecule has 6 nitrogen and oxygen atoms in total. The summed E-state index contributed by atoms with van der Waals surface area (Å²) in [5.41, 5.74) is 0.214. The molecule has 0 unspecified atom stereocenters. The van der Waals surface area contributed by atoms with Gasteiger partial charge in [0.1, 0.15) is 6.04 Å². The highest BCUT2D eigenvalue weighted by Gasteiger charge is 2.53. The van der Waals surface area contributed by atoms with Gasteiger partial charge < -0.3 is 10.2 Å². The fourth-order valence-electron chi connectivity index (χ4n) is 2.56. The average Bonchev–Trinajstić information content (AvgIpc) is 3.02. The Labute approximate surface area is 104 Å². The zero-order valence-corrected chi connectivity index (χ0v) is 9.87. The Balaban J connectivity index is 1.70. The monoisotopic (exact) mass is 246 g/mol. The molecular formula is C12H14N4O2. The molecule has 1 saturated heterocycles. The van der Waals surface area contributed by atoms with E-state index in [2.05, 4.69) is 15.3 Å². The fraction of sp³-hybridized carbons (Fsp3) is 0.500. The van der Waals surface area contributed by atoms with Crippen molar-refractivity contribution in [2.75, 3.05) is 11.9 Å². The normalized spacial score (nSPS) is 24.0. The Hall–Kier alpha value is -1.98. The maximum atomic E-state index is 12.1. The summed E-state index contributed by atoms with van der Waals surface area (Å²) in [4.78, 5) is 32.6. The molecule has 1 aliphatic heterocycles. The van der Waals surface area contributed by atoms with E-state index in [1.807, 2.05) is 0 Å². The van der Waals surface area contributed by atoms with Crippen molar-refractivity contribution >= 4 is 18.1 Å². The largest absolute Gasteiger partial charge is 0.333 e. The minimum absolute atomic E-state index is 0.175. The van der Waals surface area contributed by atoms with E-state index in [0.29, 0.717) is 12.4 Å². The maximum Gasteiger partial charge on any atom is 0.248 e. The summed E-state index contributed by atoms with van der Waals surface area (Å²) in [5.74, 6) is 0.247. The van der Waals surface area contributed by atoms with E-state index in [9.17, 15) is 9.59 Å². The van der Waals surface area contributed by atoms with Crippen molar-refractivity contribution in [1.29, 1.82) is 0 Å². The van der Waals surface area contributed by atoms with Crippen molar-refractivity contribution in [2.45, 2.75) is 25.3 Å². The van der Waals surface area contributed by atoms with Crippen LogP contribution in [0.3, 0.4) is 0 Å². The predicted molar refractivity (Wildman–Crippen MR) is 63.5 cm³/mol. The van der Waals surface area contributed by atoms with Crippen LogP contribution in [0.5, 0.6) is 0 Å². The Morgan fingerprint density at radius 3 is 2.94 bits per heavy atom. The molecule has 2 heterocycles. The zero-order valence-electron chi connectivity index (χ0n) is 9.87. The minimum atomic E-state index is -0.369. The number of carbonyl (C=O) groups is 2. The Bertz CT molecular complexity index is 472. The number of hydrogen-bond donors (Lipinski definition) is 1. The van der Waals surface area contributed by atoms with Crippen LogP contribution in [0.15, 0.2) is 18.6 Å². The number of nitrogens with one attached hydrogen (secondary N) is 1. The van der Waals surface area contributed by atoms with Crippen LogP contribution in [-0.4, -0.2) is 39.8 Å². The molecule has 1 aromatic rings. The van der Waals surface area contributed by atoms with Gasteiger partial charge >= 0.3 is 0 Å². The van der Waals surface area contributed by atoms with E-state index in [1.165, 1.54) is 12.4 Å². The van der Waals surface area contributed by atoms with Crippen LogP contribution in [0, 0.1) is 5.41 Å². The molecule has 18 heavy (non-hydrogen) atoms. The van der Waals surface area contributed by atoms with E-state index in [0.717, 1.165) is 25.7 Å². The summed E-state index contributed by atoms with van der Waals surface area (Å²) < 4.78 is 0. The summed E-state index contributed by atoms with van der Waals surface area (Å²) in [5, 5.41) is 2.70. The predicted octanol–water partition coefficient (Wildman–Crippen LogP) is 0.426. The Morgan fingerprint density at radius 2 is 2.33 bits per heavy atom. The van der Waals surface area contributed by atoms with Gasteiger partial charge in [0.05, 0.1) is 6.20 Å². The molecule has 2 amide bonds. The highest BCUT2D eigenvalue weighted by atomic mass is 16.2. The lowest BCUT2D eigenvalue weighted by atomic mass is 10.0. The van der Waals surface area contributed by atoms with Gasteiger partial charge in [-0.15, -0.1) is 0 Å². The lowest BCUT2D eigenvalue weighted by molar-refractivity contribution is -0.127. The molecule has 0 bridgehead atoms. The van der Waals surface area contributed by atoms with Crippen LogP contribution in [0.25, 0.3) is 0 Å². The number of hydrogen-bond acceptors (Lipinski definition) is 4. The third-order valence-electron chi connectivity index (χ3n) is 3.75. The first-order chi connectivity index (χ1) is 8.72. The maximum absolute atomic E-state index is 12.1. The van der Waals surface area contributed by atoms with Crippen molar-refractivity contribution in [1.82, 2.24) is 14.9 Å². The van der Waals surface area contributed by atoms with Crippen molar-refractivity contribution in [2.24, 2.45) is 5.41 Å². The molecule has 0 aromatic carbocycles. The number of anilines is 1. The summed E-state index contributed by atoms with van der Waals surface area (Å²) in [7, 11) is 0. The molecule has 3 rings (SSSR count). The van der Waals surface area contributed by atoms with Gasteiger partial charge in [0.25, 0.3) is 0 Å². The van der Waals surface area contributed by atoms with Gasteiger partial charge in [0.15, 0.2) is 5.82 Å². The van der Waals surface area contributed by atoms with Crippen LogP contribution in [0.1, 0.15) is 19.3 Å². The van der Waals surface area contributed by atoms with Crippen molar-refractivity contribution in [3.05, 3.63) is 18.6 Å². The number of amides is 2. The first-order valence-electron chi connectivity index (χ1n) is 6.00. The van der Waals surface area contributed by atoms with Crippen LogP contribution >= 0.6 is 0 Å². The van der Waals surface area contributed by atoms with E-state index in [1.54, 1.807) is 11.1 Å². The topological polar surface area (TPSA) is 75.2 Å². The average molecular weight is 246 g/mol. The molecule has 1 N–H and O–H groups in total. The molecule has 1 aromatic heterocycles. The van der Waals surface area contributed by atoms with Gasteiger partial charge in [-0.25, -0.2) is 4.98 Å². The summed E-state index contributed by atoms with van der Waals surface area (Å²) in [6.07, 6.45) is 8.32. The van der Waals surface area contributed by atoms with Gasteiger partial charge in [-0.05, 0) is 24.7 Å². The lowest BCUT2D eigenvalue weighted by Crippen LogP contribution is -2.38. The minimum Gasteiger partial charge on any atom is -0.333 e. The van der Waals surface area contributed by atoms with Crippen LogP contribution in [0.4, 0.5) is 5.82 Å². The Kier molecular flexibility index (Phi) is 2.50. The zero-order chi connectivity index (χ0) is 12.6. The van der Waals surface area contributed by atoms with Gasteiger partial charge in [0, 0.05) is 18.9 Å². The first kappa shape index (κ1) is 11.1. The van der Waals surface area contributed by atoms with Crippen molar-refractivity contribution in [3.8, 4) is 0 Å². The lowest BCUT2D eigenvalue weighted by Gasteiger charge is -2.18. The molecule has 0 radical (unpaired) electrons. The summed E-state index contributed by atoms with van der Waals surface area (Å²) in [6.45, 7) is 0.703. The van der Waals surface area contributed by atoms with Gasteiger partial charge in [0.2, 0.25) is 12.3 Å². The van der Waals surface area contributed by atoms with Crippen LogP contribution in [-0.2, 0) is 9.59 Å². The first-order valence-corrected chi connectivity index (χ1v) is 6.00. The standard InChI is InChI=1S/C12H14N4O2/c17-8-16-7-12(1-2-12)5-9(16)11(18)15-10-6-13-3-4-14-10/h3-4,6,8-9H,1-2,5,7H2,(H,14,15,18)/t9-/m0/s1. The molecule has 2 aliphatic rings. The third kappa shape index (κ3) is 1.94. The number of rotatable bonds is 3. The number of likely N-dealkylation sites (tertiary alicyclic amines) is 1. The second-order valence-electron chi connectivity index (χ2n) is 5.08. The highest BCUT2D eigenvalue weighted by Crippen LogP contribution is 2.54. The molecular weight excluding hydrogens is 232 g/mol. The molecule has 1 atom stereocenters. The SMILES string of the molecule is O=CN1CC2(CC2)C[C@H]1C(=O)Nc1cnccn1. The Morgan fingerprint density at radius 1 is 1.50 bits per heavy atom. The number of aromatic nitrogens is 2. The molecule has 6 heteroatoms. The van der Waals surface area contributed by atoms with E-state index in [-0.39, 0.29) is 17.4 Å².